The highest BCUT2D eigenvalue weighted by Crippen LogP contribution is 2.29. The maximum absolute atomic E-state index is 13.4. The van der Waals surface area contributed by atoms with E-state index in [1.165, 1.54) is 6.07 Å². The quantitative estimate of drug-likeness (QED) is 0.552. The maximum atomic E-state index is 13.4. The first kappa shape index (κ1) is 14.2. The minimum Gasteiger partial charge on any atom is -0.339 e. The van der Waals surface area contributed by atoms with Crippen molar-refractivity contribution in [1.29, 1.82) is 0 Å². The van der Waals surface area contributed by atoms with E-state index in [4.69, 9.17) is 5.84 Å². The van der Waals surface area contributed by atoms with Crippen LogP contribution in [0.5, 0.6) is 0 Å². The third-order valence-electron chi connectivity index (χ3n) is 2.39. The van der Waals surface area contributed by atoms with E-state index >= 15 is 0 Å². The smallest absolute Gasteiger partial charge is 0.239 e. The van der Waals surface area contributed by atoms with Gasteiger partial charge in [0, 0.05) is 11.9 Å². The Labute approximate surface area is 126 Å². The molecule has 100 valence electrons. The zero-order chi connectivity index (χ0) is 14.0. The SMILES string of the molecule is Cc1cc(F)c(Br)cc1Nc1nc(NN)ncc1Br. The predicted octanol–water partition coefficient (Wildman–Crippen LogP) is 3.48. The van der Waals surface area contributed by atoms with E-state index in [2.05, 4.69) is 52.6 Å². The van der Waals surface area contributed by atoms with Crippen LogP contribution < -0.4 is 16.6 Å². The number of halogens is 3. The van der Waals surface area contributed by atoms with E-state index in [9.17, 15) is 4.39 Å². The Hall–Kier alpha value is -1.25. The lowest BCUT2D eigenvalue weighted by Crippen LogP contribution is -2.11. The van der Waals surface area contributed by atoms with Gasteiger partial charge in [0.15, 0.2) is 0 Å². The van der Waals surface area contributed by atoms with Gasteiger partial charge in [0.25, 0.3) is 0 Å². The van der Waals surface area contributed by atoms with Gasteiger partial charge in [0.2, 0.25) is 5.95 Å². The van der Waals surface area contributed by atoms with Gasteiger partial charge in [-0.1, -0.05) is 0 Å². The van der Waals surface area contributed by atoms with E-state index in [0.29, 0.717) is 14.8 Å². The van der Waals surface area contributed by atoms with Crippen LogP contribution in [0.15, 0.2) is 27.3 Å². The zero-order valence-electron chi connectivity index (χ0n) is 9.84. The molecule has 0 saturated carbocycles. The number of nitrogens with two attached hydrogens (primary N) is 1. The van der Waals surface area contributed by atoms with Crippen molar-refractivity contribution >= 4 is 49.3 Å². The normalized spacial score (nSPS) is 10.4. The largest absolute Gasteiger partial charge is 0.339 e. The van der Waals surface area contributed by atoms with Gasteiger partial charge < -0.3 is 5.32 Å². The van der Waals surface area contributed by atoms with Crippen LogP contribution in [-0.2, 0) is 0 Å². The van der Waals surface area contributed by atoms with Crippen LogP contribution in [0.3, 0.4) is 0 Å². The van der Waals surface area contributed by atoms with Crippen molar-refractivity contribution in [2.75, 3.05) is 10.7 Å². The molecule has 0 aliphatic rings. The molecule has 0 saturated heterocycles. The van der Waals surface area contributed by atoms with Gasteiger partial charge in [-0.05, 0) is 56.5 Å². The summed E-state index contributed by atoms with van der Waals surface area (Å²) >= 11 is 6.48. The van der Waals surface area contributed by atoms with E-state index in [0.717, 1.165) is 11.3 Å². The second-order valence-electron chi connectivity index (χ2n) is 3.74. The Kier molecular flexibility index (Phi) is 4.33. The number of rotatable bonds is 3. The Morgan fingerprint density at radius 3 is 2.68 bits per heavy atom. The first-order valence-electron chi connectivity index (χ1n) is 5.23. The first-order valence-corrected chi connectivity index (χ1v) is 6.81. The van der Waals surface area contributed by atoms with E-state index in [-0.39, 0.29) is 11.8 Å². The summed E-state index contributed by atoms with van der Waals surface area (Å²) in [5, 5.41) is 3.09. The number of aryl methyl sites for hydroxylation is 1. The first-order chi connectivity index (χ1) is 9.01. The molecule has 0 aliphatic carbocycles. The lowest BCUT2D eigenvalue weighted by atomic mass is 10.2. The molecule has 19 heavy (non-hydrogen) atoms. The molecule has 0 unspecified atom stereocenters. The lowest BCUT2D eigenvalue weighted by Gasteiger charge is -2.12. The molecule has 4 N–H and O–H groups in total. The number of nitrogens with zero attached hydrogens (tertiary/aromatic N) is 2. The number of hydrazine groups is 1. The number of hydrogen-bond donors (Lipinski definition) is 3. The number of nitrogen functional groups attached to an aromatic ring is 1. The van der Waals surface area contributed by atoms with Gasteiger partial charge >= 0.3 is 0 Å². The number of hydrogen-bond acceptors (Lipinski definition) is 5. The third kappa shape index (κ3) is 3.20. The van der Waals surface area contributed by atoms with Crippen LogP contribution in [-0.4, -0.2) is 9.97 Å². The molecule has 0 atom stereocenters. The molecule has 0 radical (unpaired) electrons. The maximum Gasteiger partial charge on any atom is 0.239 e. The van der Waals surface area contributed by atoms with Gasteiger partial charge in [-0.2, -0.15) is 4.98 Å². The molecule has 1 heterocycles. The van der Waals surface area contributed by atoms with Crippen LogP contribution in [0, 0.1) is 12.7 Å². The van der Waals surface area contributed by atoms with E-state index in [1.807, 2.05) is 0 Å². The summed E-state index contributed by atoms with van der Waals surface area (Å²) in [6.45, 7) is 1.80. The summed E-state index contributed by atoms with van der Waals surface area (Å²) in [6, 6.07) is 3.08. The average molecular weight is 391 g/mol. The van der Waals surface area contributed by atoms with Crippen molar-refractivity contribution in [2.24, 2.45) is 5.84 Å². The number of anilines is 3. The van der Waals surface area contributed by atoms with Gasteiger partial charge in [-0.3, -0.25) is 5.43 Å². The molecule has 2 rings (SSSR count). The van der Waals surface area contributed by atoms with Gasteiger partial charge in [-0.25, -0.2) is 15.2 Å². The van der Waals surface area contributed by atoms with Crippen molar-refractivity contribution in [3.8, 4) is 0 Å². The molecular formula is C11H10Br2FN5. The highest BCUT2D eigenvalue weighted by molar-refractivity contribution is 9.10. The lowest BCUT2D eigenvalue weighted by molar-refractivity contribution is 0.620. The summed E-state index contributed by atoms with van der Waals surface area (Å²) in [5.41, 5.74) is 3.85. The predicted molar refractivity (Wildman–Crippen MR) is 79.7 cm³/mol. The van der Waals surface area contributed by atoms with Crippen LogP contribution in [0.4, 0.5) is 21.8 Å². The van der Waals surface area contributed by atoms with Crippen LogP contribution in [0.25, 0.3) is 0 Å². The van der Waals surface area contributed by atoms with Crippen LogP contribution in [0.1, 0.15) is 5.56 Å². The second kappa shape index (κ2) is 5.81. The molecule has 5 nitrogen and oxygen atoms in total. The highest BCUT2D eigenvalue weighted by atomic mass is 79.9. The molecular weight excluding hydrogens is 381 g/mol. The second-order valence-corrected chi connectivity index (χ2v) is 5.45. The van der Waals surface area contributed by atoms with E-state index in [1.54, 1.807) is 19.2 Å². The monoisotopic (exact) mass is 389 g/mol. The molecule has 0 spiro atoms. The van der Waals surface area contributed by atoms with Gasteiger partial charge in [0.1, 0.15) is 11.6 Å². The number of nitrogens with one attached hydrogen (secondary N) is 2. The Morgan fingerprint density at radius 1 is 1.26 bits per heavy atom. The Bertz CT molecular complexity index is 620. The minimum atomic E-state index is -0.311. The third-order valence-corrected chi connectivity index (χ3v) is 3.58. The molecule has 1 aromatic heterocycles. The standard InChI is InChI=1S/C11H10Br2FN5/c1-5-2-8(14)6(12)3-9(5)17-10-7(13)4-16-11(18-10)19-15/h2-4H,15H2,1H3,(H2,16,17,18,19). The fraction of sp³-hybridized carbons (Fsp3) is 0.0909. The Morgan fingerprint density at radius 2 is 2.00 bits per heavy atom. The van der Waals surface area contributed by atoms with Gasteiger partial charge in [0.05, 0.1) is 8.95 Å². The van der Waals surface area contributed by atoms with Crippen molar-refractivity contribution in [3.63, 3.8) is 0 Å². The fourth-order valence-electron chi connectivity index (χ4n) is 1.43. The summed E-state index contributed by atoms with van der Waals surface area (Å²) in [4.78, 5) is 8.11. The van der Waals surface area contributed by atoms with Crippen molar-refractivity contribution in [3.05, 3.63) is 38.7 Å². The summed E-state index contributed by atoms with van der Waals surface area (Å²) < 4.78 is 14.4. The molecule has 1 aromatic carbocycles. The van der Waals surface area contributed by atoms with Crippen molar-refractivity contribution < 1.29 is 4.39 Å². The fourth-order valence-corrected chi connectivity index (χ4v) is 2.07. The summed E-state index contributed by atoms with van der Waals surface area (Å²) in [5.74, 6) is 5.76. The summed E-state index contributed by atoms with van der Waals surface area (Å²) in [6.07, 6.45) is 1.57. The molecule has 8 heteroatoms. The van der Waals surface area contributed by atoms with Crippen LogP contribution >= 0.6 is 31.9 Å². The topological polar surface area (TPSA) is 75.9 Å². The molecule has 2 aromatic rings. The number of benzene rings is 1. The molecule has 0 fully saturated rings. The summed E-state index contributed by atoms with van der Waals surface area (Å²) in [7, 11) is 0. The number of aromatic nitrogens is 2. The molecule has 0 bridgehead atoms. The van der Waals surface area contributed by atoms with Crippen LogP contribution in [0.2, 0.25) is 0 Å². The Balaban J connectivity index is 2.38. The van der Waals surface area contributed by atoms with Gasteiger partial charge in [-0.15, -0.1) is 0 Å². The minimum absolute atomic E-state index is 0.282. The average Bonchev–Trinajstić information content (AvgIpc) is 2.38. The molecule has 0 amide bonds. The highest BCUT2D eigenvalue weighted by Gasteiger charge is 2.09. The van der Waals surface area contributed by atoms with Crippen molar-refractivity contribution in [1.82, 2.24) is 9.97 Å². The zero-order valence-corrected chi connectivity index (χ0v) is 13.0. The molecule has 0 aliphatic heterocycles. The van der Waals surface area contributed by atoms with Crippen molar-refractivity contribution in [2.45, 2.75) is 6.92 Å². The van der Waals surface area contributed by atoms with E-state index < -0.39 is 0 Å².